The summed E-state index contributed by atoms with van der Waals surface area (Å²) in [7, 11) is 0. The summed E-state index contributed by atoms with van der Waals surface area (Å²) in [5.41, 5.74) is 0.387. The maximum absolute atomic E-state index is 14.2. The Bertz CT molecular complexity index is 816. The molecular weight excluding hydrogens is 375 g/mol. The lowest BCUT2D eigenvalue weighted by molar-refractivity contribution is -0.120. The van der Waals surface area contributed by atoms with Gasteiger partial charge >= 0.3 is 0 Å². The number of thioether (sulfide) groups is 1. The number of hydrogen-bond donors (Lipinski definition) is 1. The van der Waals surface area contributed by atoms with E-state index in [1.807, 2.05) is 6.92 Å². The standard InChI is InChI=1S/C21H27FN4OS/c1-3-13-26-19(17-11-7-8-12-18(17)22)24-25-21(26)28-15(2)20(27)23-14-16-9-5-4-6-10-16/h3,7-8,11-12,15-16H,1,4-6,9-10,13-14H2,2H3,(H,23,27). The molecular formula is C21H27FN4OS. The molecule has 0 bridgehead atoms. The van der Waals surface area contributed by atoms with Crippen molar-refractivity contribution < 1.29 is 9.18 Å². The first-order chi connectivity index (χ1) is 13.6. The Hall–Kier alpha value is -2.15. The van der Waals surface area contributed by atoms with Crippen molar-refractivity contribution in [3.63, 3.8) is 0 Å². The van der Waals surface area contributed by atoms with Crippen LogP contribution in [-0.2, 0) is 11.3 Å². The van der Waals surface area contributed by atoms with Gasteiger partial charge in [0.1, 0.15) is 5.82 Å². The Kier molecular flexibility index (Phi) is 7.25. The van der Waals surface area contributed by atoms with Crippen LogP contribution in [-0.4, -0.2) is 32.5 Å². The van der Waals surface area contributed by atoms with Gasteiger partial charge in [-0.05, 0) is 37.8 Å². The van der Waals surface area contributed by atoms with Crippen LogP contribution in [0.2, 0.25) is 0 Å². The molecule has 1 unspecified atom stereocenters. The van der Waals surface area contributed by atoms with E-state index < -0.39 is 0 Å². The SMILES string of the molecule is C=CCn1c(SC(C)C(=O)NCC2CCCCC2)nnc1-c1ccccc1F. The zero-order valence-corrected chi connectivity index (χ0v) is 17.1. The minimum atomic E-state index is -0.352. The molecule has 28 heavy (non-hydrogen) atoms. The van der Waals surface area contributed by atoms with Crippen molar-refractivity contribution in [2.24, 2.45) is 5.92 Å². The highest BCUT2D eigenvalue weighted by Crippen LogP contribution is 2.28. The summed E-state index contributed by atoms with van der Waals surface area (Å²) in [5.74, 6) is 0.675. The second kappa shape index (κ2) is 9.87. The summed E-state index contributed by atoms with van der Waals surface area (Å²) < 4.78 is 16.0. The van der Waals surface area contributed by atoms with Gasteiger partial charge in [0.15, 0.2) is 11.0 Å². The third kappa shape index (κ3) is 5.01. The number of carbonyl (C=O) groups is 1. The molecule has 5 nitrogen and oxygen atoms in total. The number of aromatic nitrogens is 3. The van der Waals surface area contributed by atoms with Crippen LogP contribution in [0.15, 0.2) is 42.1 Å². The molecule has 1 fully saturated rings. The summed E-state index contributed by atoms with van der Waals surface area (Å²) in [4.78, 5) is 12.5. The lowest BCUT2D eigenvalue weighted by atomic mass is 9.89. The number of allylic oxidation sites excluding steroid dienone is 1. The van der Waals surface area contributed by atoms with Crippen molar-refractivity contribution in [3.05, 3.63) is 42.7 Å². The van der Waals surface area contributed by atoms with Gasteiger partial charge in [0.05, 0.1) is 10.8 Å². The van der Waals surface area contributed by atoms with E-state index in [9.17, 15) is 9.18 Å². The predicted octanol–water partition coefficient (Wildman–Crippen LogP) is 4.45. The van der Waals surface area contributed by atoms with E-state index in [4.69, 9.17) is 0 Å². The molecule has 1 aromatic heterocycles. The maximum Gasteiger partial charge on any atom is 0.233 e. The van der Waals surface area contributed by atoms with Gasteiger partial charge in [-0.2, -0.15) is 0 Å². The summed E-state index contributed by atoms with van der Waals surface area (Å²) in [6.45, 7) is 6.81. The van der Waals surface area contributed by atoms with Crippen LogP contribution < -0.4 is 5.32 Å². The van der Waals surface area contributed by atoms with Gasteiger partial charge in [0.2, 0.25) is 5.91 Å². The first kappa shape index (κ1) is 20.6. The zero-order valence-electron chi connectivity index (χ0n) is 16.2. The number of nitrogens with one attached hydrogen (secondary N) is 1. The van der Waals surface area contributed by atoms with Crippen LogP contribution in [0.5, 0.6) is 0 Å². The normalized spacial score (nSPS) is 15.9. The van der Waals surface area contributed by atoms with Crippen LogP contribution in [0.1, 0.15) is 39.0 Å². The van der Waals surface area contributed by atoms with Crippen LogP contribution in [0, 0.1) is 11.7 Å². The number of hydrogen-bond acceptors (Lipinski definition) is 4. The summed E-state index contributed by atoms with van der Waals surface area (Å²) in [5, 5.41) is 11.7. The first-order valence-corrected chi connectivity index (χ1v) is 10.7. The molecule has 1 saturated carbocycles. The van der Waals surface area contributed by atoms with Crippen molar-refractivity contribution in [2.75, 3.05) is 6.54 Å². The smallest absolute Gasteiger partial charge is 0.233 e. The van der Waals surface area contributed by atoms with E-state index >= 15 is 0 Å². The van der Waals surface area contributed by atoms with E-state index in [1.165, 1.54) is 49.9 Å². The molecule has 1 aliphatic rings. The highest BCUT2D eigenvalue weighted by atomic mass is 32.2. The lowest BCUT2D eigenvalue weighted by Crippen LogP contribution is -2.35. The number of rotatable bonds is 8. The predicted molar refractivity (Wildman–Crippen MR) is 111 cm³/mol. The highest BCUT2D eigenvalue weighted by Gasteiger charge is 2.22. The zero-order chi connectivity index (χ0) is 19.9. The van der Waals surface area contributed by atoms with Gasteiger partial charge in [0.25, 0.3) is 0 Å². The van der Waals surface area contributed by atoms with Gasteiger partial charge < -0.3 is 5.32 Å². The number of amides is 1. The van der Waals surface area contributed by atoms with Crippen LogP contribution in [0.4, 0.5) is 4.39 Å². The van der Waals surface area contributed by atoms with Crippen molar-refractivity contribution in [1.29, 1.82) is 0 Å². The fraction of sp³-hybridized carbons (Fsp3) is 0.476. The molecule has 0 radical (unpaired) electrons. The van der Waals surface area contributed by atoms with E-state index in [2.05, 4.69) is 22.1 Å². The number of nitrogens with zero attached hydrogens (tertiary/aromatic N) is 3. The fourth-order valence-electron chi connectivity index (χ4n) is 3.50. The van der Waals surface area contributed by atoms with E-state index in [-0.39, 0.29) is 17.0 Å². The Morgan fingerprint density at radius 1 is 1.36 bits per heavy atom. The quantitative estimate of drug-likeness (QED) is 0.524. The first-order valence-electron chi connectivity index (χ1n) is 9.83. The van der Waals surface area contributed by atoms with Gasteiger partial charge in [0, 0.05) is 13.1 Å². The molecule has 1 N–H and O–H groups in total. The number of halogens is 1. The fourth-order valence-corrected chi connectivity index (χ4v) is 4.39. The monoisotopic (exact) mass is 402 g/mol. The molecule has 3 rings (SSSR count). The molecule has 1 aromatic carbocycles. The Morgan fingerprint density at radius 2 is 2.11 bits per heavy atom. The van der Waals surface area contributed by atoms with Crippen LogP contribution in [0.3, 0.4) is 0 Å². The molecule has 1 heterocycles. The topological polar surface area (TPSA) is 59.8 Å². The molecule has 0 aliphatic heterocycles. The third-order valence-electron chi connectivity index (χ3n) is 5.08. The van der Waals surface area contributed by atoms with E-state index in [0.29, 0.717) is 29.0 Å². The average Bonchev–Trinajstić information content (AvgIpc) is 3.09. The van der Waals surface area contributed by atoms with Crippen LogP contribution >= 0.6 is 11.8 Å². The molecule has 0 saturated heterocycles. The molecule has 0 spiro atoms. The molecule has 2 aromatic rings. The molecule has 150 valence electrons. The summed E-state index contributed by atoms with van der Waals surface area (Å²) >= 11 is 1.33. The minimum absolute atomic E-state index is 0.00355. The second-order valence-electron chi connectivity index (χ2n) is 7.19. The van der Waals surface area contributed by atoms with Crippen LogP contribution in [0.25, 0.3) is 11.4 Å². The summed E-state index contributed by atoms with van der Waals surface area (Å²) in [6.07, 6.45) is 7.93. The Morgan fingerprint density at radius 3 is 2.82 bits per heavy atom. The number of benzene rings is 1. The molecule has 7 heteroatoms. The van der Waals surface area contributed by atoms with Gasteiger partial charge in [-0.1, -0.05) is 49.2 Å². The molecule has 1 atom stereocenters. The van der Waals surface area contributed by atoms with Gasteiger partial charge in [-0.3, -0.25) is 9.36 Å². The van der Waals surface area contributed by atoms with Gasteiger partial charge in [-0.25, -0.2) is 4.39 Å². The highest BCUT2D eigenvalue weighted by molar-refractivity contribution is 8.00. The van der Waals surface area contributed by atoms with E-state index in [0.717, 1.165) is 6.54 Å². The lowest BCUT2D eigenvalue weighted by Gasteiger charge is -2.22. The van der Waals surface area contributed by atoms with E-state index in [1.54, 1.807) is 28.8 Å². The van der Waals surface area contributed by atoms with Crippen molar-refractivity contribution in [2.45, 2.75) is 56.0 Å². The second-order valence-corrected chi connectivity index (χ2v) is 8.50. The van der Waals surface area contributed by atoms with Crippen molar-refractivity contribution in [1.82, 2.24) is 20.1 Å². The number of carbonyl (C=O) groups excluding carboxylic acids is 1. The van der Waals surface area contributed by atoms with Gasteiger partial charge in [-0.15, -0.1) is 16.8 Å². The Balaban J connectivity index is 1.68. The third-order valence-corrected chi connectivity index (χ3v) is 6.16. The maximum atomic E-state index is 14.2. The van der Waals surface area contributed by atoms with Crippen molar-refractivity contribution in [3.8, 4) is 11.4 Å². The van der Waals surface area contributed by atoms with Crippen molar-refractivity contribution >= 4 is 17.7 Å². The molecule has 1 amide bonds. The minimum Gasteiger partial charge on any atom is -0.355 e. The largest absolute Gasteiger partial charge is 0.355 e. The molecule has 1 aliphatic carbocycles. The average molecular weight is 403 g/mol. The Labute approximate surface area is 169 Å². The summed E-state index contributed by atoms with van der Waals surface area (Å²) in [6, 6.07) is 6.48.